The first-order valence-electron chi connectivity index (χ1n) is 11.4. The summed E-state index contributed by atoms with van der Waals surface area (Å²) < 4.78 is 6.24. The summed E-state index contributed by atoms with van der Waals surface area (Å²) in [4.78, 5) is 34.5. The number of carbonyl (C=O) groups is 2. The molecule has 0 saturated carbocycles. The van der Waals surface area contributed by atoms with Crippen molar-refractivity contribution < 1.29 is 18.8 Å². The van der Waals surface area contributed by atoms with Crippen molar-refractivity contribution in [1.82, 2.24) is 0 Å². The Bertz CT molecular complexity index is 1470. The average Bonchev–Trinajstić information content (AvgIpc) is 3.58. The summed E-state index contributed by atoms with van der Waals surface area (Å²) in [5.74, 6) is -0.448. The van der Waals surface area contributed by atoms with Crippen molar-refractivity contribution in [3.63, 3.8) is 0 Å². The zero-order valence-corrected chi connectivity index (χ0v) is 20.6. The number of benzene rings is 3. The van der Waals surface area contributed by atoms with Crippen molar-refractivity contribution in [2.75, 3.05) is 9.96 Å². The number of fused-ring (bicyclic) bond motifs is 1. The summed E-state index contributed by atoms with van der Waals surface area (Å²) in [6.45, 7) is 1.95. The third kappa shape index (κ3) is 3.69. The van der Waals surface area contributed by atoms with Gasteiger partial charge in [0.2, 0.25) is 5.91 Å². The summed E-state index contributed by atoms with van der Waals surface area (Å²) in [5, 5.41) is 2.46. The van der Waals surface area contributed by atoms with Crippen LogP contribution in [-0.2, 0) is 14.4 Å². The molecule has 2 aliphatic rings. The van der Waals surface area contributed by atoms with Crippen LogP contribution in [0.4, 0.5) is 11.4 Å². The van der Waals surface area contributed by atoms with Gasteiger partial charge in [0.15, 0.2) is 6.10 Å². The van der Waals surface area contributed by atoms with E-state index in [9.17, 15) is 9.59 Å². The molecule has 8 heteroatoms. The van der Waals surface area contributed by atoms with Crippen LogP contribution in [0.1, 0.15) is 17.4 Å². The van der Waals surface area contributed by atoms with Gasteiger partial charge in [0, 0.05) is 5.56 Å². The highest BCUT2D eigenvalue weighted by Crippen LogP contribution is 2.48. The molecule has 180 valence electrons. The molecule has 0 spiro atoms. The molecule has 36 heavy (non-hydrogen) atoms. The van der Waals surface area contributed by atoms with Crippen LogP contribution in [0.25, 0.3) is 11.3 Å². The molecule has 0 bridgehead atoms. The SMILES string of the molecule is Cc1ccc(N2C(=O)[C@H]3[C@@H](ON(c4ccccc4)[C@H]3c3ccc(-c4ccc(Cl)c(Cl)c4)o3)C2=O)cc1. The first-order chi connectivity index (χ1) is 17.4. The number of imide groups is 1. The summed E-state index contributed by atoms with van der Waals surface area (Å²) in [6, 6.07) is 24.8. The van der Waals surface area contributed by atoms with E-state index in [1.165, 1.54) is 4.90 Å². The maximum Gasteiger partial charge on any atom is 0.266 e. The Kier molecular flexibility index (Phi) is 5.60. The van der Waals surface area contributed by atoms with Gasteiger partial charge in [-0.2, -0.15) is 0 Å². The van der Waals surface area contributed by atoms with Crippen LogP contribution in [-0.4, -0.2) is 17.9 Å². The van der Waals surface area contributed by atoms with Gasteiger partial charge in [-0.3, -0.25) is 14.4 Å². The van der Waals surface area contributed by atoms with Gasteiger partial charge in [-0.25, -0.2) is 9.96 Å². The van der Waals surface area contributed by atoms with Gasteiger partial charge in [-0.05, 0) is 61.5 Å². The van der Waals surface area contributed by atoms with Gasteiger partial charge in [0.05, 0.1) is 21.4 Å². The number of hydrogen-bond donors (Lipinski definition) is 0. The normalized spacial score (nSPS) is 21.4. The molecule has 0 unspecified atom stereocenters. The van der Waals surface area contributed by atoms with Crippen LogP contribution >= 0.6 is 23.2 Å². The number of hydroxylamine groups is 1. The average molecular weight is 519 g/mol. The van der Waals surface area contributed by atoms with E-state index in [0.29, 0.717) is 32.9 Å². The first-order valence-corrected chi connectivity index (χ1v) is 12.2. The lowest BCUT2D eigenvalue weighted by Gasteiger charge is -2.27. The Balaban J connectivity index is 1.41. The number of aryl methyl sites for hydroxylation is 1. The van der Waals surface area contributed by atoms with Gasteiger partial charge in [0.25, 0.3) is 5.91 Å². The van der Waals surface area contributed by atoms with Crippen LogP contribution in [0.3, 0.4) is 0 Å². The highest BCUT2D eigenvalue weighted by molar-refractivity contribution is 6.42. The lowest BCUT2D eigenvalue weighted by Crippen LogP contribution is -2.37. The van der Waals surface area contributed by atoms with Crippen molar-refractivity contribution in [2.24, 2.45) is 5.92 Å². The second-order valence-electron chi connectivity index (χ2n) is 8.84. The van der Waals surface area contributed by atoms with Crippen LogP contribution in [0.15, 0.2) is 89.3 Å². The van der Waals surface area contributed by atoms with E-state index in [1.807, 2.05) is 61.5 Å². The topological polar surface area (TPSA) is 63.0 Å². The Labute approximate surface area is 217 Å². The summed E-state index contributed by atoms with van der Waals surface area (Å²) >= 11 is 12.3. The fraction of sp³-hybridized carbons (Fsp3) is 0.143. The predicted octanol–water partition coefficient (Wildman–Crippen LogP) is 6.61. The van der Waals surface area contributed by atoms with Crippen molar-refractivity contribution in [1.29, 1.82) is 0 Å². The Morgan fingerprint density at radius 1 is 0.778 bits per heavy atom. The fourth-order valence-electron chi connectivity index (χ4n) is 4.77. The molecule has 0 aliphatic carbocycles. The standard InChI is InChI=1S/C28H20Cl2N2O4/c1-16-7-10-18(11-8-16)31-27(33)24-25(32(36-26(24)28(31)34)19-5-3-2-4-6-19)23-14-13-22(35-23)17-9-12-20(29)21(30)15-17/h2-15,24-26H,1H3/t24-,25+,26-/m1/s1. The van der Waals surface area contributed by atoms with E-state index in [2.05, 4.69) is 0 Å². The molecule has 4 aromatic rings. The number of para-hydroxylation sites is 1. The fourth-order valence-corrected chi connectivity index (χ4v) is 5.06. The van der Waals surface area contributed by atoms with E-state index >= 15 is 0 Å². The van der Waals surface area contributed by atoms with Crippen LogP contribution < -0.4 is 9.96 Å². The minimum atomic E-state index is -0.970. The molecule has 2 aliphatic heterocycles. The van der Waals surface area contributed by atoms with Gasteiger partial charge in [0.1, 0.15) is 23.5 Å². The number of carbonyl (C=O) groups excluding carboxylic acids is 2. The van der Waals surface area contributed by atoms with Gasteiger partial charge in [-0.15, -0.1) is 0 Å². The first kappa shape index (κ1) is 22.9. The maximum atomic E-state index is 13.7. The monoisotopic (exact) mass is 518 g/mol. The van der Waals surface area contributed by atoms with E-state index in [-0.39, 0.29) is 5.91 Å². The predicted molar refractivity (Wildman–Crippen MR) is 138 cm³/mol. The third-order valence-corrected chi connectivity index (χ3v) is 7.28. The number of hydrogen-bond acceptors (Lipinski definition) is 5. The zero-order valence-electron chi connectivity index (χ0n) is 19.1. The highest BCUT2D eigenvalue weighted by Gasteiger charge is 2.61. The Hall–Kier alpha value is -3.58. The Morgan fingerprint density at radius 3 is 2.25 bits per heavy atom. The van der Waals surface area contributed by atoms with Crippen molar-refractivity contribution in [2.45, 2.75) is 19.1 Å². The Morgan fingerprint density at radius 2 is 1.53 bits per heavy atom. The summed E-state index contributed by atoms with van der Waals surface area (Å²) in [7, 11) is 0. The van der Waals surface area contributed by atoms with Crippen molar-refractivity contribution in [3.05, 3.63) is 106 Å². The van der Waals surface area contributed by atoms with Crippen molar-refractivity contribution >= 4 is 46.4 Å². The van der Waals surface area contributed by atoms with Crippen LogP contribution in [0.5, 0.6) is 0 Å². The van der Waals surface area contributed by atoms with Crippen LogP contribution in [0, 0.1) is 12.8 Å². The quantitative estimate of drug-likeness (QED) is 0.284. The molecule has 6 nitrogen and oxygen atoms in total. The largest absolute Gasteiger partial charge is 0.459 e. The lowest BCUT2D eigenvalue weighted by atomic mass is 9.94. The number of amides is 2. The smallest absolute Gasteiger partial charge is 0.266 e. The number of anilines is 2. The number of furan rings is 1. The second kappa shape index (κ2) is 8.82. The summed E-state index contributed by atoms with van der Waals surface area (Å²) in [5.41, 5.74) is 3.02. The lowest BCUT2D eigenvalue weighted by molar-refractivity contribution is -0.126. The van der Waals surface area contributed by atoms with E-state index in [1.54, 1.807) is 35.4 Å². The van der Waals surface area contributed by atoms with Gasteiger partial charge >= 0.3 is 0 Å². The molecule has 2 fully saturated rings. The molecule has 3 atom stereocenters. The molecule has 3 heterocycles. The zero-order chi connectivity index (χ0) is 25.0. The van der Waals surface area contributed by atoms with E-state index in [0.717, 1.165) is 11.1 Å². The number of rotatable bonds is 4. The molecule has 6 rings (SSSR count). The van der Waals surface area contributed by atoms with E-state index < -0.39 is 24.0 Å². The molecule has 3 aromatic carbocycles. The van der Waals surface area contributed by atoms with E-state index in [4.69, 9.17) is 32.5 Å². The molecular weight excluding hydrogens is 499 g/mol. The minimum Gasteiger partial charge on any atom is -0.459 e. The van der Waals surface area contributed by atoms with Gasteiger partial charge in [-0.1, -0.05) is 59.1 Å². The second-order valence-corrected chi connectivity index (χ2v) is 9.65. The van der Waals surface area contributed by atoms with Gasteiger partial charge < -0.3 is 4.42 Å². The molecular formula is C28H20Cl2N2O4. The molecule has 2 amide bonds. The molecule has 2 saturated heterocycles. The maximum absolute atomic E-state index is 13.7. The summed E-state index contributed by atoms with van der Waals surface area (Å²) in [6.07, 6.45) is -0.970. The third-order valence-electron chi connectivity index (χ3n) is 6.54. The number of nitrogens with zero attached hydrogens (tertiary/aromatic N) is 2. The number of halogens is 2. The molecule has 1 aromatic heterocycles. The highest BCUT2D eigenvalue weighted by atomic mass is 35.5. The van der Waals surface area contributed by atoms with Crippen molar-refractivity contribution in [3.8, 4) is 11.3 Å². The van der Waals surface area contributed by atoms with Crippen LogP contribution in [0.2, 0.25) is 10.0 Å². The molecule has 0 N–H and O–H groups in total. The minimum absolute atomic E-state index is 0.329. The molecule has 0 radical (unpaired) electrons.